The summed E-state index contributed by atoms with van der Waals surface area (Å²) in [6, 6.07) is 2.29. The number of aromatic nitrogens is 1. The molecule has 1 atom stereocenters. The van der Waals surface area contributed by atoms with Crippen LogP contribution in [-0.4, -0.2) is 29.9 Å². The van der Waals surface area contributed by atoms with Crippen molar-refractivity contribution in [2.45, 2.75) is 25.2 Å². The number of nitrogens with one attached hydrogen (secondary N) is 2. The Morgan fingerprint density at radius 2 is 1.96 bits per heavy atom. The molecule has 1 unspecified atom stereocenters. The third-order valence-electron chi connectivity index (χ3n) is 3.53. The Labute approximate surface area is 148 Å². The predicted octanol–water partition coefficient (Wildman–Crippen LogP) is 3.67. The molecule has 0 bridgehead atoms. The van der Waals surface area contributed by atoms with E-state index in [1.165, 1.54) is 12.3 Å². The van der Waals surface area contributed by atoms with Crippen LogP contribution >= 0.6 is 0 Å². The molecule has 11 heteroatoms. The molecule has 1 heterocycles. The smallest absolute Gasteiger partial charge is 0.395 e. The van der Waals surface area contributed by atoms with Crippen molar-refractivity contribution in [2.24, 2.45) is 5.92 Å². The number of halogens is 6. The van der Waals surface area contributed by atoms with Gasteiger partial charge in [-0.15, -0.1) is 0 Å². The highest BCUT2D eigenvalue weighted by molar-refractivity contribution is 6.06. The molecule has 0 saturated carbocycles. The number of aromatic amines is 1. The van der Waals surface area contributed by atoms with E-state index in [1.54, 1.807) is 0 Å². The average molecular weight is 396 g/mol. The van der Waals surface area contributed by atoms with E-state index in [4.69, 9.17) is 4.74 Å². The van der Waals surface area contributed by atoms with Gasteiger partial charge in [-0.1, -0.05) is 6.08 Å². The van der Waals surface area contributed by atoms with Gasteiger partial charge in [-0.05, 0) is 18.6 Å². The number of hydrogen-bond acceptors (Lipinski definition) is 3. The number of anilines is 1. The number of allylic oxidation sites excluding steroid dienone is 2. The van der Waals surface area contributed by atoms with Crippen LogP contribution in [0.15, 0.2) is 46.6 Å². The Hall–Kier alpha value is -2.72. The number of pyridine rings is 1. The van der Waals surface area contributed by atoms with Crippen LogP contribution in [0.5, 0.6) is 0 Å². The normalized spacial score (nSPS) is 17.8. The topological polar surface area (TPSA) is 71.2 Å². The lowest BCUT2D eigenvalue weighted by molar-refractivity contribution is -0.160. The van der Waals surface area contributed by atoms with Gasteiger partial charge in [0, 0.05) is 18.0 Å². The second-order valence-corrected chi connectivity index (χ2v) is 5.64. The molecule has 5 nitrogen and oxygen atoms in total. The molecule has 0 spiro atoms. The standard InChI is InChI=1S/C16H14F6N2O3/c17-15(18,19)4-6-27-12-2-1-9(16(20,21)22)7-11(12)14(26)24-10-3-5-23-13(25)8-10/h2-3,5,7-9H,1,4,6H2,(H2,23,24,25,26). The van der Waals surface area contributed by atoms with E-state index >= 15 is 0 Å². The molecule has 0 radical (unpaired) electrons. The molecule has 1 aliphatic rings. The molecule has 148 valence electrons. The van der Waals surface area contributed by atoms with Crippen LogP contribution in [0.4, 0.5) is 32.0 Å². The first-order valence-electron chi connectivity index (χ1n) is 7.64. The van der Waals surface area contributed by atoms with E-state index in [0.717, 1.165) is 12.1 Å². The highest BCUT2D eigenvalue weighted by atomic mass is 19.4. The molecule has 1 amide bonds. The van der Waals surface area contributed by atoms with Crippen molar-refractivity contribution >= 4 is 11.6 Å². The van der Waals surface area contributed by atoms with Crippen LogP contribution in [0.3, 0.4) is 0 Å². The van der Waals surface area contributed by atoms with Crippen molar-refractivity contribution in [1.82, 2.24) is 4.98 Å². The quantitative estimate of drug-likeness (QED) is 0.746. The second kappa shape index (κ2) is 7.89. The summed E-state index contributed by atoms with van der Waals surface area (Å²) in [5, 5.41) is 2.22. The molecule has 1 aromatic heterocycles. The monoisotopic (exact) mass is 396 g/mol. The second-order valence-electron chi connectivity index (χ2n) is 5.64. The third kappa shape index (κ3) is 6.19. The molecule has 1 aromatic rings. The number of carbonyl (C=O) groups is 1. The van der Waals surface area contributed by atoms with Gasteiger partial charge >= 0.3 is 12.4 Å². The van der Waals surface area contributed by atoms with Gasteiger partial charge in [0.15, 0.2) is 0 Å². The van der Waals surface area contributed by atoms with Gasteiger partial charge in [-0.25, -0.2) is 0 Å². The van der Waals surface area contributed by atoms with E-state index in [1.807, 2.05) is 0 Å². The van der Waals surface area contributed by atoms with E-state index in [0.29, 0.717) is 6.08 Å². The number of H-pyrrole nitrogens is 1. The summed E-state index contributed by atoms with van der Waals surface area (Å²) < 4.78 is 80.5. The van der Waals surface area contributed by atoms with Crippen LogP contribution in [0.1, 0.15) is 12.8 Å². The van der Waals surface area contributed by atoms with Crippen LogP contribution in [0, 0.1) is 5.92 Å². The number of alkyl halides is 6. The van der Waals surface area contributed by atoms with Crippen molar-refractivity contribution in [2.75, 3.05) is 11.9 Å². The van der Waals surface area contributed by atoms with Gasteiger partial charge in [0.05, 0.1) is 24.5 Å². The van der Waals surface area contributed by atoms with Crippen LogP contribution in [0.2, 0.25) is 0 Å². The zero-order valence-corrected chi connectivity index (χ0v) is 13.6. The Balaban J connectivity index is 2.20. The van der Waals surface area contributed by atoms with E-state index in [2.05, 4.69) is 10.3 Å². The maximum absolute atomic E-state index is 13.0. The first-order valence-corrected chi connectivity index (χ1v) is 7.64. The van der Waals surface area contributed by atoms with Gasteiger partial charge in [0.25, 0.3) is 5.91 Å². The first-order chi connectivity index (χ1) is 12.5. The third-order valence-corrected chi connectivity index (χ3v) is 3.53. The SMILES string of the molecule is O=C(Nc1cc[nH]c(=O)c1)C1=CC(C(F)(F)F)CC=C1OCCC(F)(F)F. The lowest BCUT2D eigenvalue weighted by atomic mass is 9.93. The highest BCUT2D eigenvalue weighted by Crippen LogP contribution is 2.36. The van der Waals surface area contributed by atoms with E-state index in [-0.39, 0.29) is 11.4 Å². The van der Waals surface area contributed by atoms with Gasteiger partial charge < -0.3 is 15.0 Å². The summed E-state index contributed by atoms with van der Waals surface area (Å²) in [5.74, 6) is -3.39. The zero-order valence-electron chi connectivity index (χ0n) is 13.6. The average Bonchev–Trinajstić information content (AvgIpc) is 2.52. The molecule has 1 aliphatic carbocycles. The Bertz CT molecular complexity index is 807. The summed E-state index contributed by atoms with van der Waals surface area (Å²) in [6.07, 6.45) is -8.29. The summed E-state index contributed by atoms with van der Waals surface area (Å²) in [6.45, 7) is -0.846. The Morgan fingerprint density at radius 3 is 2.56 bits per heavy atom. The van der Waals surface area contributed by atoms with Crippen molar-refractivity contribution in [1.29, 1.82) is 0 Å². The minimum absolute atomic E-state index is 0.00780. The molecular formula is C16H14F6N2O3. The molecule has 2 rings (SSSR count). The summed E-state index contributed by atoms with van der Waals surface area (Å²) >= 11 is 0. The van der Waals surface area contributed by atoms with Gasteiger partial charge in [-0.3, -0.25) is 9.59 Å². The van der Waals surface area contributed by atoms with Crippen molar-refractivity contribution < 1.29 is 35.9 Å². The lowest BCUT2D eigenvalue weighted by Gasteiger charge is -2.23. The maximum Gasteiger partial charge on any atom is 0.395 e. The fourth-order valence-corrected chi connectivity index (χ4v) is 2.25. The van der Waals surface area contributed by atoms with Crippen molar-refractivity contribution in [3.05, 3.63) is 52.2 Å². The number of ether oxygens (including phenoxy) is 1. The minimum Gasteiger partial charge on any atom is -0.493 e. The first kappa shape index (κ1) is 20.6. The molecule has 0 aliphatic heterocycles. The van der Waals surface area contributed by atoms with E-state index < -0.39 is 54.8 Å². The predicted molar refractivity (Wildman–Crippen MR) is 82.6 cm³/mol. The number of amides is 1. The lowest BCUT2D eigenvalue weighted by Crippen LogP contribution is -2.27. The number of hydrogen-bond donors (Lipinski definition) is 2. The molecule has 27 heavy (non-hydrogen) atoms. The van der Waals surface area contributed by atoms with Crippen LogP contribution < -0.4 is 10.9 Å². The maximum atomic E-state index is 13.0. The fraction of sp³-hybridized carbons (Fsp3) is 0.375. The summed E-state index contributed by atoms with van der Waals surface area (Å²) in [5.41, 5.74) is -1.10. The minimum atomic E-state index is -4.64. The largest absolute Gasteiger partial charge is 0.493 e. The Morgan fingerprint density at radius 1 is 1.26 bits per heavy atom. The number of rotatable bonds is 5. The molecule has 0 fully saturated rings. The van der Waals surface area contributed by atoms with E-state index in [9.17, 15) is 35.9 Å². The van der Waals surface area contributed by atoms with Gasteiger partial charge in [-0.2, -0.15) is 26.3 Å². The van der Waals surface area contributed by atoms with Crippen LogP contribution in [0.25, 0.3) is 0 Å². The van der Waals surface area contributed by atoms with Gasteiger partial charge in [0.1, 0.15) is 5.76 Å². The molecule has 0 saturated heterocycles. The highest BCUT2D eigenvalue weighted by Gasteiger charge is 2.40. The fourth-order valence-electron chi connectivity index (χ4n) is 2.25. The van der Waals surface area contributed by atoms with Crippen LogP contribution in [-0.2, 0) is 9.53 Å². The summed E-state index contributed by atoms with van der Waals surface area (Å²) in [4.78, 5) is 25.8. The van der Waals surface area contributed by atoms with Crippen molar-refractivity contribution in [3.8, 4) is 0 Å². The molecular weight excluding hydrogens is 382 g/mol. The molecule has 0 aromatic carbocycles. The summed E-state index contributed by atoms with van der Waals surface area (Å²) in [7, 11) is 0. The molecule has 2 N–H and O–H groups in total. The van der Waals surface area contributed by atoms with Crippen molar-refractivity contribution in [3.63, 3.8) is 0 Å². The van der Waals surface area contributed by atoms with Gasteiger partial charge in [0.2, 0.25) is 5.56 Å². The Kier molecular flexibility index (Phi) is 6.01. The zero-order chi connectivity index (χ0) is 20.2. The number of carbonyl (C=O) groups excluding carboxylic acids is 1.